The van der Waals surface area contributed by atoms with Gasteiger partial charge in [-0.05, 0) is 30.2 Å². The average Bonchev–Trinajstić information content (AvgIpc) is 2.73. The molecule has 0 atom stereocenters. The summed E-state index contributed by atoms with van der Waals surface area (Å²) in [6, 6.07) is 9.82. The van der Waals surface area contributed by atoms with E-state index in [-0.39, 0.29) is 0 Å². The summed E-state index contributed by atoms with van der Waals surface area (Å²) in [4.78, 5) is 0. The number of anilines is 1. The zero-order valence-corrected chi connectivity index (χ0v) is 10.9. The number of rotatable bonds is 5. The third-order valence-corrected chi connectivity index (χ3v) is 2.89. The van der Waals surface area contributed by atoms with E-state index in [1.165, 1.54) is 0 Å². The first-order valence-corrected chi connectivity index (χ1v) is 6.13. The minimum Gasteiger partial charge on any atom is -0.399 e. The summed E-state index contributed by atoms with van der Waals surface area (Å²) in [7, 11) is 1.95. The number of nitrogens with zero attached hydrogens (tertiary/aromatic N) is 2. The Morgan fingerprint density at radius 1 is 1.22 bits per heavy atom. The van der Waals surface area contributed by atoms with Crippen LogP contribution >= 0.6 is 0 Å². The maximum Gasteiger partial charge on any atom is 0.0889 e. The number of nitrogens with two attached hydrogens (primary N) is 1. The van der Waals surface area contributed by atoms with E-state index in [4.69, 9.17) is 10.5 Å². The number of nitrogen functional groups attached to an aromatic ring is 1. The van der Waals surface area contributed by atoms with E-state index in [0.717, 1.165) is 29.1 Å². The number of aryl methyl sites for hydroxylation is 2. The van der Waals surface area contributed by atoms with Crippen molar-refractivity contribution in [3.8, 4) is 0 Å². The summed E-state index contributed by atoms with van der Waals surface area (Å²) in [5.41, 5.74) is 9.73. The van der Waals surface area contributed by atoms with Crippen LogP contribution < -0.4 is 5.73 Å². The van der Waals surface area contributed by atoms with Crippen LogP contribution in [0.25, 0.3) is 0 Å². The molecule has 0 saturated carbocycles. The van der Waals surface area contributed by atoms with Crippen molar-refractivity contribution in [1.29, 1.82) is 0 Å². The lowest BCUT2D eigenvalue weighted by Gasteiger charge is -2.05. The van der Waals surface area contributed by atoms with Gasteiger partial charge in [-0.15, -0.1) is 0 Å². The Kier molecular flexibility index (Phi) is 3.99. The van der Waals surface area contributed by atoms with Gasteiger partial charge >= 0.3 is 0 Å². The molecule has 0 aliphatic heterocycles. The fourth-order valence-electron chi connectivity index (χ4n) is 1.77. The van der Waals surface area contributed by atoms with Crippen LogP contribution in [0.2, 0.25) is 0 Å². The molecule has 0 amide bonds. The van der Waals surface area contributed by atoms with Crippen LogP contribution in [0, 0.1) is 0 Å². The predicted octanol–water partition coefficient (Wildman–Crippen LogP) is 2.28. The van der Waals surface area contributed by atoms with E-state index in [2.05, 4.69) is 18.1 Å². The second-order valence-corrected chi connectivity index (χ2v) is 4.34. The van der Waals surface area contributed by atoms with E-state index < -0.39 is 0 Å². The van der Waals surface area contributed by atoms with Crippen LogP contribution in [0.5, 0.6) is 0 Å². The SMILES string of the molecule is CCc1cc(COCc2ccc(N)cc2)n(C)n1. The topological polar surface area (TPSA) is 53.1 Å². The lowest BCUT2D eigenvalue weighted by Crippen LogP contribution is -2.01. The van der Waals surface area contributed by atoms with E-state index in [9.17, 15) is 0 Å². The first kappa shape index (κ1) is 12.6. The Balaban J connectivity index is 1.88. The molecule has 4 nitrogen and oxygen atoms in total. The van der Waals surface area contributed by atoms with Gasteiger partial charge in [-0.3, -0.25) is 4.68 Å². The van der Waals surface area contributed by atoms with Crippen molar-refractivity contribution in [3.05, 3.63) is 47.3 Å². The molecular formula is C14H19N3O. The van der Waals surface area contributed by atoms with Crippen molar-refractivity contribution in [3.63, 3.8) is 0 Å². The van der Waals surface area contributed by atoms with Gasteiger partial charge in [-0.2, -0.15) is 5.10 Å². The monoisotopic (exact) mass is 245 g/mol. The van der Waals surface area contributed by atoms with Gasteiger partial charge in [0.05, 0.1) is 24.6 Å². The minimum absolute atomic E-state index is 0.577. The smallest absolute Gasteiger partial charge is 0.0889 e. The zero-order valence-electron chi connectivity index (χ0n) is 10.9. The molecule has 2 rings (SSSR count). The lowest BCUT2D eigenvalue weighted by atomic mass is 10.2. The number of ether oxygens (including phenoxy) is 1. The van der Waals surface area contributed by atoms with Crippen molar-refractivity contribution < 1.29 is 4.74 Å². The Hall–Kier alpha value is -1.81. The summed E-state index contributed by atoms with van der Waals surface area (Å²) in [5.74, 6) is 0. The number of hydrogen-bond donors (Lipinski definition) is 1. The molecule has 96 valence electrons. The summed E-state index contributed by atoms with van der Waals surface area (Å²) in [6.07, 6.45) is 0.950. The van der Waals surface area contributed by atoms with E-state index in [0.29, 0.717) is 13.2 Å². The molecule has 0 bridgehead atoms. The van der Waals surface area contributed by atoms with Gasteiger partial charge in [0.25, 0.3) is 0 Å². The Morgan fingerprint density at radius 3 is 2.56 bits per heavy atom. The van der Waals surface area contributed by atoms with Gasteiger partial charge < -0.3 is 10.5 Å². The van der Waals surface area contributed by atoms with Crippen LogP contribution in [-0.2, 0) is 31.4 Å². The van der Waals surface area contributed by atoms with E-state index in [1.54, 1.807) is 0 Å². The van der Waals surface area contributed by atoms with Crippen LogP contribution in [0.1, 0.15) is 23.9 Å². The van der Waals surface area contributed by atoms with Crippen molar-refractivity contribution >= 4 is 5.69 Å². The lowest BCUT2D eigenvalue weighted by molar-refractivity contribution is 0.102. The van der Waals surface area contributed by atoms with Crippen molar-refractivity contribution in [2.24, 2.45) is 7.05 Å². The van der Waals surface area contributed by atoms with Crippen LogP contribution in [0.3, 0.4) is 0 Å². The molecule has 2 N–H and O–H groups in total. The molecule has 0 saturated heterocycles. The summed E-state index contributed by atoms with van der Waals surface area (Å²) < 4.78 is 7.56. The first-order chi connectivity index (χ1) is 8.69. The minimum atomic E-state index is 0.577. The molecule has 1 aromatic carbocycles. The molecule has 0 fully saturated rings. The maximum atomic E-state index is 5.68. The van der Waals surface area contributed by atoms with E-state index in [1.807, 2.05) is 36.0 Å². The van der Waals surface area contributed by atoms with E-state index >= 15 is 0 Å². The number of hydrogen-bond acceptors (Lipinski definition) is 3. The molecule has 0 radical (unpaired) electrons. The molecule has 0 unspecified atom stereocenters. The number of benzene rings is 1. The standard InChI is InChI=1S/C14H19N3O/c1-3-13-8-14(17(2)16-13)10-18-9-11-4-6-12(15)7-5-11/h4-8H,3,9-10,15H2,1-2H3. The van der Waals surface area contributed by atoms with Gasteiger partial charge in [-0.1, -0.05) is 19.1 Å². The maximum absolute atomic E-state index is 5.68. The Labute approximate surface area is 107 Å². The van der Waals surface area contributed by atoms with Gasteiger partial charge in [0.2, 0.25) is 0 Å². The zero-order chi connectivity index (χ0) is 13.0. The molecule has 1 aromatic heterocycles. The molecule has 0 aliphatic carbocycles. The molecule has 2 aromatic rings. The highest BCUT2D eigenvalue weighted by Crippen LogP contribution is 2.09. The Bertz CT molecular complexity index is 502. The highest BCUT2D eigenvalue weighted by atomic mass is 16.5. The van der Waals surface area contributed by atoms with Crippen molar-refractivity contribution in [2.45, 2.75) is 26.6 Å². The fraction of sp³-hybridized carbons (Fsp3) is 0.357. The average molecular weight is 245 g/mol. The molecule has 18 heavy (non-hydrogen) atoms. The highest BCUT2D eigenvalue weighted by Gasteiger charge is 2.03. The third-order valence-electron chi connectivity index (χ3n) is 2.89. The molecule has 1 heterocycles. The molecule has 0 aliphatic rings. The van der Waals surface area contributed by atoms with Gasteiger partial charge in [0.1, 0.15) is 0 Å². The van der Waals surface area contributed by atoms with Crippen LogP contribution in [0.4, 0.5) is 5.69 Å². The summed E-state index contributed by atoms with van der Waals surface area (Å²) >= 11 is 0. The van der Waals surface area contributed by atoms with Crippen LogP contribution in [-0.4, -0.2) is 9.78 Å². The summed E-state index contributed by atoms with van der Waals surface area (Å²) in [6.45, 7) is 3.27. The predicted molar refractivity (Wildman–Crippen MR) is 71.9 cm³/mol. The first-order valence-electron chi connectivity index (χ1n) is 6.13. The van der Waals surface area contributed by atoms with Gasteiger partial charge in [0.15, 0.2) is 0 Å². The van der Waals surface area contributed by atoms with Gasteiger partial charge in [-0.25, -0.2) is 0 Å². The normalized spacial score (nSPS) is 10.8. The van der Waals surface area contributed by atoms with Crippen molar-refractivity contribution in [2.75, 3.05) is 5.73 Å². The highest BCUT2D eigenvalue weighted by molar-refractivity contribution is 5.39. The second kappa shape index (κ2) is 5.69. The van der Waals surface area contributed by atoms with Gasteiger partial charge in [0, 0.05) is 12.7 Å². The second-order valence-electron chi connectivity index (χ2n) is 4.34. The number of aromatic nitrogens is 2. The fourth-order valence-corrected chi connectivity index (χ4v) is 1.77. The molecule has 0 spiro atoms. The molecule has 4 heteroatoms. The third kappa shape index (κ3) is 3.11. The van der Waals surface area contributed by atoms with Crippen LogP contribution in [0.15, 0.2) is 30.3 Å². The Morgan fingerprint density at radius 2 is 1.94 bits per heavy atom. The largest absolute Gasteiger partial charge is 0.399 e. The summed E-state index contributed by atoms with van der Waals surface area (Å²) in [5, 5.41) is 4.39. The van der Waals surface area contributed by atoms with Crippen molar-refractivity contribution in [1.82, 2.24) is 9.78 Å². The molecular weight excluding hydrogens is 226 g/mol. The quantitative estimate of drug-likeness (QED) is 0.822.